The first-order valence-electron chi connectivity index (χ1n) is 9.04. The zero-order chi connectivity index (χ0) is 21.3. The molecule has 30 heavy (non-hydrogen) atoms. The van der Waals surface area contributed by atoms with Crippen molar-refractivity contribution < 1.29 is 23.1 Å². The molecule has 5 nitrogen and oxygen atoms in total. The number of para-hydroxylation sites is 1. The van der Waals surface area contributed by atoms with E-state index >= 15 is 0 Å². The molecule has 0 radical (unpaired) electrons. The van der Waals surface area contributed by atoms with Crippen LogP contribution >= 0.6 is 0 Å². The van der Waals surface area contributed by atoms with Gasteiger partial charge in [0, 0.05) is 11.8 Å². The Bertz CT molecular complexity index is 1160. The predicted molar refractivity (Wildman–Crippen MR) is 109 cm³/mol. The summed E-state index contributed by atoms with van der Waals surface area (Å²) in [4.78, 5) is 27.2. The lowest BCUT2D eigenvalue weighted by Crippen LogP contribution is -2.32. The number of carbonyl (C=O) groups is 2. The molecule has 1 heterocycles. The summed E-state index contributed by atoms with van der Waals surface area (Å²) in [6.07, 6.45) is 0. The number of rotatable bonds is 5. The second-order valence-electron chi connectivity index (χ2n) is 6.51. The van der Waals surface area contributed by atoms with Gasteiger partial charge in [-0.2, -0.15) is 0 Å². The van der Waals surface area contributed by atoms with Crippen LogP contribution in [0.15, 0.2) is 78.5 Å². The molecule has 0 aliphatic carbocycles. The second-order valence-corrected chi connectivity index (χ2v) is 6.51. The van der Waals surface area contributed by atoms with Crippen LogP contribution < -0.4 is 15.0 Å². The lowest BCUT2D eigenvalue weighted by atomic mass is 10.0. The second kappa shape index (κ2) is 7.79. The van der Waals surface area contributed by atoms with Gasteiger partial charge in [0.25, 0.3) is 11.8 Å². The summed E-state index contributed by atoms with van der Waals surface area (Å²) in [5.74, 6) is -2.94. The Hall–Kier alpha value is -4.00. The van der Waals surface area contributed by atoms with Gasteiger partial charge in [-0.25, -0.2) is 13.7 Å². The van der Waals surface area contributed by atoms with Crippen LogP contribution in [-0.4, -0.2) is 18.9 Å². The number of carbonyl (C=O) groups excluding carboxylic acids is 2. The van der Waals surface area contributed by atoms with E-state index in [0.717, 1.165) is 17.0 Å². The van der Waals surface area contributed by atoms with Gasteiger partial charge < -0.3 is 10.1 Å². The van der Waals surface area contributed by atoms with Crippen molar-refractivity contribution in [1.29, 1.82) is 0 Å². The number of methoxy groups -OCH3 is 1. The third-order valence-electron chi connectivity index (χ3n) is 4.67. The Morgan fingerprint density at radius 1 is 0.833 bits per heavy atom. The smallest absolute Gasteiger partial charge is 0.282 e. The monoisotopic (exact) mass is 406 g/mol. The molecular formula is C23H16F2N2O3. The van der Waals surface area contributed by atoms with Gasteiger partial charge in [0.1, 0.15) is 11.4 Å². The fourth-order valence-electron chi connectivity index (χ4n) is 3.20. The van der Waals surface area contributed by atoms with E-state index in [-0.39, 0.29) is 17.0 Å². The van der Waals surface area contributed by atoms with E-state index in [1.54, 1.807) is 48.5 Å². The molecule has 0 bridgehead atoms. The average molecular weight is 406 g/mol. The Morgan fingerprint density at radius 2 is 1.53 bits per heavy atom. The maximum atomic E-state index is 13.8. The normalized spacial score (nSPS) is 13.8. The Labute approximate surface area is 171 Å². The minimum absolute atomic E-state index is 0.0427. The molecule has 1 N–H and O–H groups in total. The number of ether oxygens (including phenoxy) is 1. The van der Waals surface area contributed by atoms with Crippen LogP contribution in [0.5, 0.6) is 5.75 Å². The van der Waals surface area contributed by atoms with E-state index in [4.69, 9.17) is 4.74 Å². The molecule has 1 aliphatic heterocycles. The minimum Gasteiger partial charge on any atom is -0.497 e. The van der Waals surface area contributed by atoms with Crippen LogP contribution in [0.3, 0.4) is 0 Å². The summed E-state index contributed by atoms with van der Waals surface area (Å²) in [7, 11) is 1.52. The molecular weight excluding hydrogens is 390 g/mol. The number of hydrogen-bond donors (Lipinski definition) is 1. The summed E-state index contributed by atoms with van der Waals surface area (Å²) in [6, 6.07) is 18.4. The van der Waals surface area contributed by atoms with Gasteiger partial charge in [0.2, 0.25) is 0 Å². The van der Waals surface area contributed by atoms with Crippen LogP contribution in [-0.2, 0) is 9.59 Å². The molecule has 0 unspecified atom stereocenters. The SMILES string of the molecule is COc1ccc(C2=C(Nc3ccccc3)C(=O)N(c3ccc(F)c(F)c3)C2=O)cc1. The molecule has 4 rings (SSSR count). The van der Waals surface area contributed by atoms with Crippen molar-refractivity contribution in [2.24, 2.45) is 0 Å². The van der Waals surface area contributed by atoms with Gasteiger partial charge in [-0.3, -0.25) is 9.59 Å². The Kier molecular flexibility index (Phi) is 5.02. The van der Waals surface area contributed by atoms with E-state index in [1.165, 1.54) is 13.2 Å². The first kappa shape index (κ1) is 19.3. The quantitative estimate of drug-likeness (QED) is 0.640. The van der Waals surface area contributed by atoms with E-state index in [0.29, 0.717) is 17.0 Å². The van der Waals surface area contributed by atoms with Gasteiger partial charge in [-0.05, 0) is 42.0 Å². The van der Waals surface area contributed by atoms with Crippen molar-refractivity contribution in [2.75, 3.05) is 17.3 Å². The number of nitrogens with zero attached hydrogens (tertiary/aromatic N) is 1. The first-order chi connectivity index (χ1) is 14.5. The van der Waals surface area contributed by atoms with Crippen molar-refractivity contribution in [3.63, 3.8) is 0 Å². The fourth-order valence-corrected chi connectivity index (χ4v) is 3.20. The lowest BCUT2D eigenvalue weighted by Gasteiger charge is -2.15. The molecule has 0 saturated carbocycles. The van der Waals surface area contributed by atoms with E-state index in [9.17, 15) is 18.4 Å². The van der Waals surface area contributed by atoms with Crippen LogP contribution in [0.4, 0.5) is 20.2 Å². The molecule has 0 fully saturated rings. The third kappa shape index (κ3) is 3.41. The van der Waals surface area contributed by atoms with Gasteiger partial charge in [0.15, 0.2) is 11.6 Å². The molecule has 0 saturated heterocycles. The molecule has 3 aromatic rings. The lowest BCUT2D eigenvalue weighted by molar-refractivity contribution is -0.120. The third-order valence-corrected chi connectivity index (χ3v) is 4.67. The molecule has 0 aromatic heterocycles. The zero-order valence-electron chi connectivity index (χ0n) is 15.9. The summed E-state index contributed by atoms with van der Waals surface area (Å²) >= 11 is 0. The highest BCUT2D eigenvalue weighted by Gasteiger charge is 2.40. The van der Waals surface area contributed by atoms with Crippen LogP contribution in [0.25, 0.3) is 5.57 Å². The largest absolute Gasteiger partial charge is 0.497 e. The number of benzene rings is 3. The summed E-state index contributed by atoms with van der Waals surface area (Å²) in [5.41, 5.74) is 1.20. The Balaban J connectivity index is 1.81. The maximum absolute atomic E-state index is 13.8. The molecule has 7 heteroatoms. The fraction of sp³-hybridized carbons (Fsp3) is 0.0435. The highest BCUT2D eigenvalue weighted by atomic mass is 19.2. The highest BCUT2D eigenvalue weighted by Crippen LogP contribution is 2.34. The molecule has 0 spiro atoms. The summed E-state index contributed by atoms with van der Waals surface area (Å²) in [5, 5.41) is 2.99. The summed E-state index contributed by atoms with van der Waals surface area (Å²) in [6.45, 7) is 0. The highest BCUT2D eigenvalue weighted by molar-refractivity contribution is 6.46. The van der Waals surface area contributed by atoms with Crippen LogP contribution in [0, 0.1) is 11.6 Å². The van der Waals surface area contributed by atoms with Crippen molar-refractivity contribution >= 4 is 28.8 Å². The van der Waals surface area contributed by atoms with E-state index < -0.39 is 23.4 Å². The number of nitrogens with one attached hydrogen (secondary N) is 1. The van der Waals surface area contributed by atoms with Gasteiger partial charge in [-0.1, -0.05) is 30.3 Å². The number of hydrogen-bond acceptors (Lipinski definition) is 4. The average Bonchev–Trinajstić information content (AvgIpc) is 3.00. The van der Waals surface area contributed by atoms with Crippen molar-refractivity contribution in [3.8, 4) is 5.75 Å². The van der Waals surface area contributed by atoms with Crippen molar-refractivity contribution in [2.45, 2.75) is 0 Å². The predicted octanol–water partition coefficient (Wildman–Crippen LogP) is 4.37. The molecule has 1 aliphatic rings. The standard InChI is InChI=1S/C23H16F2N2O3/c1-30-17-10-7-14(8-11-17)20-21(26-15-5-3-2-4-6-15)23(29)27(22(20)28)16-9-12-18(24)19(25)13-16/h2-13,26H,1H3. The molecule has 2 amide bonds. The number of imide groups is 1. The van der Waals surface area contributed by atoms with Gasteiger partial charge >= 0.3 is 0 Å². The van der Waals surface area contributed by atoms with Crippen LogP contribution in [0.2, 0.25) is 0 Å². The zero-order valence-corrected chi connectivity index (χ0v) is 15.9. The van der Waals surface area contributed by atoms with E-state index in [2.05, 4.69) is 5.32 Å². The van der Waals surface area contributed by atoms with E-state index in [1.807, 2.05) is 6.07 Å². The molecule has 0 atom stereocenters. The summed E-state index contributed by atoms with van der Waals surface area (Å²) < 4.78 is 32.3. The molecule has 3 aromatic carbocycles. The topological polar surface area (TPSA) is 58.6 Å². The van der Waals surface area contributed by atoms with Gasteiger partial charge in [0.05, 0.1) is 18.4 Å². The van der Waals surface area contributed by atoms with Crippen molar-refractivity contribution in [1.82, 2.24) is 0 Å². The van der Waals surface area contributed by atoms with Crippen molar-refractivity contribution in [3.05, 3.63) is 95.7 Å². The van der Waals surface area contributed by atoms with Gasteiger partial charge in [-0.15, -0.1) is 0 Å². The molecule has 150 valence electrons. The Morgan fingerprint density at radius 3 is 2.17 bits per heavy atom. The van der Waals surface area contributed by atoms with Crippen LogP contribution in [0.1, 0.15) is 5.56 Å². The number of anilines is 2. The maximum Gasteiger partial charge on any atom is 0.282 e. The number of amides is 2. The number of halogens is 2. The first-order valence-corrected chi connectivity index (χ1v) is 9.04. The minimum atomic E-state index is -1.15.